The second kappa shape index (κ2) is 9.12. The largest absolute Gasteiger partial charge is 0.493 e. The molecule has 1 N–H and O–H groups in total. The fourth-order valence-corrected chi connectivity index (χ4v) is 4.29. The molecule has 3 aromatic carbocycles. The summed E-state index contributed by atoms with van der Waals surface area (Å²) in [4.78, 5) is 11.5. The summed E-state index contributed by atoms with van der Waals surface area (Å²) in [6.07, 6.45) is 0. The van der Waals surface area contributed by atoms with Gasteiger partial charge in [-0.1, -0.05) is 48.5 Å². The Morgan fingerprint density at radius 3 is 2.12 bits per heavy atom. The van der Waals surface area contributed by atoms with E-state index in [1.54, 1.807) is 18.2 Å². The number of para-hydroxylation sites is 1. The van der Waals surface area contributed by atoms with Crippen molar-refractivity contribution in [2.24, 2.45) is 0 Å². The maximum atomic E-state index is 11.8. The second-order valence-electron chi connectivity index (χ2n) is 7.48. The van der Waals surface area contributed by atoms with Crippen LogP contribution in [0.2, 0.25) is 0 Å². The van der Waals surface area contributed by atoms with Gasteiger partial charge in [0.25, 0.3) is 0 Å². The van der Waals surface area contributed by atoms with Crippen LogP contribution in [-0.2, 0) is 0 Å². The number of rotatable bonds is 8. The third kappa shape index (κ3) is 3.91. The molecule has 0 aliphatic heterocycles. The van der Waals surface area contributed by atoms with Crippen LogP contribution in [0.3, 0.4) is 0 Å². The monoisotopic (exact) mass is 448 g/mol. The summed E-state index contributed by atoms with van der Waals surface area (Å²) in [5.74, 6) is 0.488. The van der Waals surface area contributed by atoms with Crippen LogP contribution in [-0.4, -0.2) is 42.7 Å². The lowest BCUT2D eigenvalue weighted by Gasteiger charge is -2.19. The molecule has 0 spiro atoms. The van der Waals surface area contributed by atoms with Crippen LogP contribution in [0, 0.1) is 10.1 Å². The second-order valence-corrected chi connectivity index (χ2v) is 7.48. The molecule has 8 nitrogen and oxygen atoms in total. The molecule has 0 radical (unpaired) electrons. The molecule has 170 valence electrons. The lowest BCUT2D eigenvalue weighted by atomic mass is 9.87. The van der Waals surface area contributed by atoms with E-state index in [2.05, 4.69) is 0 Å². The molecule has 4 rings (SSSR count). The zero-order valence-corrected chi connectivity index (χ0v) is 18.5. The van der Waals surface area contributed by atoms with E-state index in [1.807, 2.05) is 48.5 Å². The first-order chi connectivity index (χ1) is 16.0. The number of aromatic nitrogens is 1. The Morgan fingerprint density at radius 1 is 0.939 bits per heavy atom. The van der Waals surface area contributed by atoms with E-state index in [0.29, 0.717) is 39.6 Å². The van der Waals surface area contributed by atoms with Crippen molar-refractivity contribution in [2.75, 3.05) is 27.9 Å². The molecule has 4 aromatic rings. The predicted molar refractivity (Wildman–Crippen MR) is 124 cm³/mol. The Kier molecular flexibility index (Phi) is 6.08. The highest BCUT2D eigenvalue weighted by atomic mass is 16.6. The molecule has 0 aliphatic carbocycles. The van der Waals surface area contributed by atoms with E-state index in [9.17, 15) is 15.3 Å². The Morgan fingerprint density at radius 2 is 1.55 bits per heavy atom. The van der Waals surface area contributed by atoms with Crippen LogP contribution < -0.4 is 14.2 Å². The highest BCUT2D eigenvalue weighted by molar-refractivity contribution is 5.92. The number of nitro groups is 1. The zero-order valence-electron chi connectivity index (χ0n) is 18.5. The molecule has 33 heavy (non-hydrogen) atoms. The SMILES string of the molecule is COc1cc(C(C[N+](=O)[O-])c2c(-c3ccccc3)n(O)c3ccccc23)cc(OC)c1OC. The van der Waals surface area contributed by atoms with Gasteiger partial charge in [-0.2, -0.15) is 4.73 Å². The summed E-state index contributed by atoms with van der Waals surface area (Å²) >= 11 is 0. The zero-order chi connectivity index (χ0) is 23.5. The van der Waals surface area contributed by atoms with Gasteiger partial charge in [0.1, 0.15) is 0 Å². The number of hydrogen-bond acceptors (Lipinski definition) is 6. The molecular formula is C25H24N2O6. The number of nitrogens with zero attached hydrogens (tertiary/aromatic N) is 2. The van der Waals surface area contributed by atoms with E-state index in [0.717, 1.165) is 15.7 Å². The molecule has 0 bridgehead atoms. The van der Waals surface area contributed by atoms with E-state index in [-0.39, 0.29) is 4.92 Å². The summed E-state index contributed by atoms with van der Waals surface area (Å²) in [6, 6.07) is 20.1. The summed E-state index contributed by atoms with van der Waals surface area (Å²) in [7, 11) is 4.50. The number of benzene rings is 3. The molecule has 0 saturated heterocycles. The van der Waals surface area contributed by atoms with Crippen LogP contribution in [0.1, 0.15) is 17.0 Å². The molecule has 0 saturated carbocycles. The minimum Gasteiger partial charge on any atom is -0.493 e. The molecule has 0 amide bonds. The molecule has 0 fully saturated rings. The number of ether oxygens (including phenoxy) is 3. The minimum absolute atomic E-state index is 0.355. The van der Waals surface area contributed by atoms with Gasteiger partial charge in [0, 0.05) is 21.4 Å². The van der Waals surface area contributed by atoms with Crippen molar-refractivity contribution < 1.29 is 24.3 Å². The van der Waals surface area contributed by atoms with E-state index in [1.165, 1.54) is 21.3 Å². The summed E-state index contributed by atoms with van der Waals surface area (Å²) in [5.41, 5.74) is 3.05. The van der Waals surface area contributed by atoms with Crippen LogP contribution in [0.25, 0.3) is 22.2 Å². The molecular weight excluding hydrogens is 424 g/mol. The Bertz CT molecular complexity index is 1270. The van der Waals surface area contributed by atoms with Gasteiger partial charge in [-0.15, -0.1) is 0 Å². The normalized spacial score (nSPS) is 11.8. The average Bonchev–Trinajstić information content (AvgIpc) is 3.14. The lowest BCUT2D eigenvalue weighted by Crippen LogP contribution is -2.15. The van der Waals surface area contributed by atoms with Crippen LogP contribution in [0.15, 0.2) is 66.7 Å². The Labute approximate surface area is 190 Å². The van der Waals surface area contributed by atoms with Gasteiger partial charge in [0.05, 0.1) is 38.5 Å². The topological polar surface area (TPSA) is 96.0 Å². The molecule has 1 atom stereocenters. The Balaban J connectivity index is 2.06. The maximum absolute atomic E-state index is 11.8. The fourth-order valence-electron chi connectivity index (χ4n) is 4.29. The number of methoxy groups -OCH3 is 3. The van der Waals surface area contributed by atoms with Gasteiger partial charge >= 0.3 is 0 Å². The molecule has 1 unspecified atom stereocenters. The standard InChI is InChI=1S/C25H24N2O6/c1-31-21-13-17(14-22(32-2)25(21)33-3)19(15-26(28)29)23-18-11-7-8-12-20(18)27(30)24(23)16-9-5-4-6-10-16/h4-14,19,30H,15H2,1-3H3. The van der Waals surface area contributed by atoms with Crippen LogP contribution in [0.5, 0.6) is 17.2 Å². The lowest BCUT2D eigenvalue weighted by molar-refractivity contribution is -0.481. The van der Waals surface area contributed by atoms with Crippen molar-refractivity contribution in [2.45, 2.75) is 5.92 Å². The van der Waals surface area contributed by atoms with Crippen molar-refractivity contribution in [3.05, 3.63) is 88.0 Å². The smallest absolute Gasteiger partial charge is 0.214 e. The summed E-state index contributed by atoms with van der Waals surface area (Å²) < 4.78 is 17.5. The van der Waals surface area contributed by atoms with E-state index >= 15 is 0 Å². The highest BCUT2D eigenvalue weighted by Crippen LogP contribution is 2.45. The predicted octanol–water partition coefficient (Wildman–Crippen LogP) is 4.98. The summed E-state index contributed by atoms with van der Waals surface area (Å²) in [6.45, 7) is -0.396. The fraction of sp³-hybridized carbons (Fsp3) is 0.200. The van der Waals surface area contributed by atoms with E-state index in [4.69, 9.17) is 14.2 Å². The molecule has 0 aliphatic rings. The van der Waals surface area contributed by atoms with Crippen molar-refractivity contribution in [3.63, 3.8) is 0 Å². The third-order valence-electron chi connectivity index (χ3n) is 5.71. The first-order valence-electron chi connectivity index (χ1n) is 10.3. The van der Waals surface area contributed by atoms with Crippen molar-refractivity contribution in [1.29, 1.82) is 0 Å². The number of fused-ring (bicyclic) bond motifs is 1. The number of hydrogen-bond donors (Lipinski definition) is 1. The molecule has 8 heteroatoms. The molecule has 1 heterocycles. The maximum Gasteiger partial charge on any atom is 0.214 e. The van der Waals surface area contributed by atoms with Gasteiger partial charge in [-0.25, -0.2) is 0 Å². The highest BCUT2D eigenvalue weighted by Gasteiger charge is 2.31. The Hall–Kier alpha value is -4.20. The van der Waals surface area contributed by atoms with Gasteiger partial charge in [-0.3, -0.25) is 10.1 Å². The van der Waals surface area contributed by atoms with Gasteiger partial charge < -0.3 is 19.4 Å². The van der Waals surface area contributed by atoms with Crippen molar-refractivity contribution in [3.8, 4) is 28.5 Å². The molecule has 1 aromatic heterocycles. The summed E-state index contributed by atoms with van der Waals surface area (Å²) in [5, 5.41) is 23.7. The quantitative estimate of drug-likeness (QED) is 0.232. The third-order valence-corrected chi connectivity index (χ3v) is 5.71. The van der Waals surface area contributed by atoms with Gasteiger partial charge in [0.2, 0.25) is 12.3 Å². The van der Waals surface area contributed by atoms with E-state index < -0.39 is 12.5 Å². The van der Waals surface area contributed by atoms with Crippen molar-refractivity contribution in [1.82, 2.24) is 4.73 Å². The van der Waals surface area contributed by atoms with Crippen molar-refractivity contribution >= 4 is 10.9 Å². The van der Waals surface area contributed by atoms with Crippen LogP contribution >= 0.6 is 0 Å². The first-order valence-corrected chi connectivity index (χ1v) is 10.3. The van der Waals surface area contributed by atoms with Crippen LogP contribution in [0.4, 0.5) is 0 Å². The average molecular weight is 448 g/mol. The van der Waals surface area contributed by atoms with Gasteiger partial charge in [0.15, 0.2) is 11.5 Å². The van der Waals surface area contributed by atoms with Gasteiger partial charge in [-0.05, 0) is 23.8 Å². The first kappa shape index (κ1) is 22.0. The minimum atomic E-state index is -0.706.